The van der Waals surface area contributed by atoms with Crippen molar-refractivity contribution >= 4 is 29.2 Å². The van der Waals surface area contributed by atoms with Crippen LogP contribution in [-0.2, 0) is 4.74 Å². The van der Waals surface area contributed by atoms with E-state index in [9.17, 15) is 0 Å². The number of nitrogens with one attached hydrogen (secondary N) is 1. The second-order valence-electron chi connectivity index (χ2n) is 2.70. The van der Waals surface area contributed by atoms with Crippen LogP contribution in [0.2, 0.25) is 10.6 Å². The lowest BCUT2D eigenvalue weighted by Gasteiger charge is -2.11. The summed E-state index contributed by atoms with van der Waals surface area (Å²) < 4.78 is 4.94. The van der Waals surface area contributed by atoms with Crippen LogP contribution in [0, 0.1) is 0 Å². The largest absolute Gasteiger partial charge is 0.383 e. The van der Waals surface area contributed by atoms with Crippen LogP contribution in [0.3, 0.4) is 0 Å². The molecule has 5 nitrogen and oxygen atoms in total. The Bertz CT molecular complexity index is 289. The molecule has 0 aliphatic rings. The summed E-state index contributed by atoms with van der Waals surface area (Å²) in [6.07, 6.45) is 0. The maximum Gasteiger partial charge on any atom is 0.228 e. The van der Waals surface area contributed by atoms with E-state index in [4.69, 9.17) is 27.9 Å². The Labute approximate surface area is 91.8 Å². The fourth-order valence-corrected chi connectivity index (χ4v) is 1.27. The first-order chi connectivity index (χ1) is 6.61. The molecule has 1 atom stereocenters. The van der Waals surface area contributed by atoms with Gasteiger partial charge in [-0.25, -0.2) is 0 Å². The van der Waals surface area contributed by atoms with Gasteiger partial charge in [-0.15, -0.1) is 0 Å². The molecule has 1 aromatic rings. The number of hydrogen-bond donors (Lipinski definition) is 1. The van der Waals surface area contributed by atoms with Crippen LogP contribution in [0.25, 0.3) is 0 Å². The van der Waals surface area contributed by atoms with E-state index in [0.717, 1.165) is 0 Å². The van der Waals surface area contributed by atoms with E-state index >= 15 is 0 Å². The predicted octanol–water partition coefficient (Wildman–Crippen LogP) is 1.63. The number of ether oxygens (including phenoxy) is 1. The average Bonchev–Trinajstić information content (AvgIpc) is 2.01. The molecule has 78 valence electrons. The van der Waals surface area contributed by atoms with E-state index in [0.29, 0.717) is 12.6 Å². The molecule has 1 unspecified atom stereocenters. The Balaban J connectivity index is 2.66. The standard InChI is InChI=1S/C7H10Cl2N4O/c1-4(3-14-2)10-7-12-5(8)11-6(9)13-7/h4H,3H2,1-2H3,(H,10,11,12,13). The SMILES string of the molecule is COCC(C)Nc1nc(Cl)nc(Cl)n1. The van der Waals surface area contributed by atoms with Crippen LogP contribution in [0.15, 0.2) is 0 Å². The predicted molar refractivity (Wildman–Crippen MR) is 54.8 cm³/mol. The number of methoxy groups -OCH3 is 1. The molecule has 1 N–H and O–H groups in total. The monoisotopic (exact) mass is 236 g/mol. The van der Waals surface area contributed by atoms with Gasteiger partial charge in [0.05, 0.1) is 6.61 Å². The maximum atomic E-state index is 5.59. The lowest BCUT2D eigenvalue weighted by molar-refractivity contribution is 0.190. The fraction of sp³-hybridized carbons (Fsp3) is 0.571. The highest BCUT2D eigenvalue weighted by Gasteiger charge is 2.06. The average molecular weight is 237 g/mol. The molecule has 1 rings (SSSR count). The summed E-state index contributed by atoms with van der Waals surface area (Å²) in [4.78, 5) is 11.3. The number of anilines is 1. The summed E-state index contributed by atoms with van der Waals surface area (Å²) in [6, 6.07) is 0.0783. The molecule has 0 bridgehead atoms. The van der Waals surface area contributed by atoms with Gasteiger partial charge in [0.25, 0.3) is 0 Å². The van der Waals surface area contributed by atoms with Crippen molar-refractivity contribution in [2.45, 2.75) is 13.0 Å². The zero-order chi connectivity index (χ0) is 10.6. The molecule has 14 heavy (non-hydrogen) atoms. The minimum Gasteiger partial charge on any atom is -0.383 e. The molecule has 0 saturated heterocycles. The highest BCUT2D eigenvalue weighted by atomic mass is 35.5. The Morgan fingerprint density at radius 2 is 1.86 bits per heavy atom. The minimum absolute atomic E-state index is 0.0668. The third-order valence-corrected chi connectivity index (χ3v) is 1.71. The maximum absolute atomic E-state index is 5.59. The molecule has 0 aromatic carbocycles. The van der Waals surface area contributed by atoms with Crippen molar-refractivity contribution in [2.24, 2.45) is 0 Å². The summed E-state index contributed by atoms with van der Waals surface area (Å²) >= 11 is 11.2. The van der Waals surface area contributed by atoms with Gasteiger partial charge in [0.1, 0.15) is 0 Å². The lowest BCUT2D eigenvalue weighted by atomic mass is 10.4. The minimum atomic E-state index is 0.0668. The molecule has 1 heterocycles. The van der Waals surface area contributed by atoms with Crippen LogP contribution in [0.1, 0.15) is 6.92 Å². The van der Waals surface area contributed by atoms with Crippen LogP contribution in [-0.4, -0.2) is 34.7 Å². The van der Waals surface area contributed by atoms with Crippen molar-refractivity contribution in [3.8, 4) is 0 Å². The second kappa shape index (κ2) is 5.29. The van der Waals surface area contributed by atoms with Crippen molar-refractivity contribution in [2.75, 3.05) is 19.0 Å². The number of aromatic nitrogens is 3. The summed E-state index contributed by atoms with van der Waals surface area (Å²) in [5.41, 5.74) is 0. The van der Waals surface area contributed by atoms with Crippen molar-refractivity contribution in [1.29, 1.82) is 0 Å². The van der Waals surface area contributed by atoms with Crippen molar-refractivity contribution < 1.29 is 4.74 Å². The topological polar surface area (TPSA) is 59.9 Å². The summed E-state index contributed by atoms with van der Waals surface area (Å²) in [5.74, 6) is 0.347. The molecular weight excluding hydrogens is 227 g/mol. The Morgan fingerprint density at radius 1 is 1.29 bits per heavy atom. The van der Waals surface area contributed by atoms with Crippen molar-refractivity contribution in [3.63, 3.8) is 0 Å². The summed E-state index contributed by atoms with van der Waals surface area (Å²) in [5, 5.41) is 3.10. The molecule has 0 aliphatic carbocycles. The van der Waals surface area contributed by atoms with E-state index in [2.05, 4.69) is 20.3 Å². The van der Waals surface area contributed by atoms with Gasteiger partial charge in [-0.3, -0.25) is 0 Å². The van der Waals surface area contributed by atoms with Gasteiger partial charge in [-0.1, -0.05) is 0 Å². The Morgan fingerprint density at radius 3 is 2.36 bits per heavy atom. The molecule has 1 aromatic heterocycles. The molecule has 0 radical (unpaired) electrons. The third-order valence-electron chi connectivity index (χ3n) is 1.37. The van der Waals surface area contributed by atoms with Gasteiger partial charge in [-0.05, 0) is 30.1 Å². The number of rotatable bonds is 4. The van der Waals surface area contributed by atoms with Gasteiger partial charge in [0, 0.05) is 13.2 Å². The van der Waals surface area contributed by atoms with Gasteiger partial charge in [0.2, 0.25) is 16.5 Å². The Hall–Kier alpha value is -0.650. The number of halogens is 2. The fourth-order valence-electron chi connectivity index (χ4n) is 0.903. The lowest BCUT2D eigenvalue weighted by Crippen LogP contribution is -2.22. The molecule has 7 heteroatoms. The highest BCUT2D eigenvalue weighted by Crippen LogP contribution is 2.10. The normalized spacial score (nSPS) is 12.6. The highest BCUT2D eigenvalue weighted by molar-refractivity contribution is 6.31. The van der Waals surface area contributed by atoms with Crippen molar-refractivity contribution in [3.05, 3.63) is 10.6 Å². The molecule has 0 aliphatic heterocycles. The van der Waals surface area contributed by atoms with E-state index in [-0.39, 0.29) is 16.6 Å². The summed E-state index contributed by atoms with van der Waals surface area (Å²) in [7, 11) is 1.62. The van der Waals surface area contributed by atoms with Gasteiger partial charge < -0.3 is 10.1 Å². The van der Waals surface area contributed by atoms with Gasteiger partial charge in [0.15, 0.2) is 0 Å². The van der Waals surface area contributed by atoms with E-state index in [1.165, 1.54) is 0 Å². The van der Waals surface area contributed by atoms with Crippen LogP contribution < -0.4 is 5.32 Å². The molecule has 0 fully saturated rings. The molecular formula is C7H10Cl2N4O. The van der Waals surface area contributed by atoms with Crippen molar-refractivity contribution in [1.82, 2.24) is 15.0 Å². The van der Waals surface area contributed by atoms with Gasteiger partial charge >= 0.3 is 0 Å². The zero-order valence-electron chi connectivity index (χ0n) is 7.79. The summed E-state index contributed by atoms with van der Waals surface area (Å²) in [6.45, 7) is 2.47. The molecule has 0 spiro atoms. The van der Waals surface area contributed by atoms with Crippen LogP contribution >= 0.6 is 23.2 Å². The smallest absolute Gasteiger partial charge is 0.228 e. The number of nitrogens with zero attached hydrogens (tertiary/aromatic N) is 3. The van der Waals surface area contributed by atoms with Gasteiger partial charge in [-0.2, -0.15) is 15.0 Å². The van der Waals surface area contributed by atoms with Crippen LogP contribution in [0.5, 0.6) is 0 Å². The third kappa shape index (κ3) is 3.61. The first-order valence-electron chi connectivity index (χ1n) is 3.94. The Kier molecular flexibility index (Phi) is 4.31. The first-order valence-corrected chi connectivity index (χ1v) is 4.70. The van der Waals surface area contributed by atoms with E-state index < -0.39 is 0 Å². The molecule has 0 saturated carbocycles. The zero-order valence-corrected chi connectivity index (χ0v) is 9.30. The number of hydrogen-bond acceptors (Lipinski definition) is 5. The van der Waals surface area contributed by atoms with E-state index in [1.54, 1.807) is 7.11 Å². The quantitative estimate of drug-likeness (QED) is 0.862. The van der Waals surface area contributed by atoms with Crippen LogP contribution in [0.4, 0.5) is 5.95 Å². The first kappa shape index (κ1) is 11.4. The van der Waals surface area contributed by atoms with E-state index in [1.807, 2.05) is 6.92 Å². The molecule has 0 amide bonds. The second-order valence-corrected chi connectivity index (χ2v) is 3.37.